The smallest absolute Gasteiger partial charge is 0.275 e. The van der Waals surface area contributed by atoms with Crippen LogP contribution >= 0.6 is 11.6 Å². The van der Waals surface area contributed by atoms with Gasteiger partial charge in [0, 0.05) is 18.2 Å². The number of rotatable bonds is 2. The van der Waals surface area contributed by atoms with Gasteiger partial charge in [-0.3, -0.25) is 15.1 Å². The quantitative estimate of drug-likeness (QED) is 0.502. The third-order valence-electron chi connectivity index (χ3n) is 4.65. The number of benzene rings is 1. The number of nitro groups is 1. The zero-order valence-corrected chi connectivity index (χ0v) is 12.9. The number of halogens is 1. The number of allylic oxidation sites excluding steroid dienone is 2. The summed E-state index contributed by atoms with van der Waals surface area (Å²) in [6.07, 6.45) is 6.78. The average molecular weight is 328 g/mol. The standard InChI is InChI=1S/C17H14ClN3O2/c18-12-7-8-14(21(22)23)15-10-4-3-5-11(10)16(20-17(12)15)13-6-1-2-9-19-13/h1-4,6-11,16,20H,5H2/t10-,11-,16-/m1/s1. The third-order valence-corrected chi connectivity index (χ3v) is 4.96. The van der Waals surface area contributed by atoms with Gasteiger partial charge in [-0.05, 0) is 30.5 Å². The van der Waals surface area contributed by atoms with Crippen LogP contribution in [0.1, 0.15) is 29.6 Å². The van der Waals surface area contributed by atoms with Gasteiger partial charge in [0.05, 0.1) is 32.9 Å². The molecule has 0 saturated heterocycles. The lowest BCUT2D eigenvalue weighted by molar-refractivity contribution is -0.385. The van der Waals surface area contributed by atoms with E-state index in [4.69, 9.17) is 11.6 Å². The number of hydrogen-bond donors (Lipinski definition) is 1. The van der Waals surface area contributed by atoms with E-state index in [1.807, 2.05) is 18.2 Å². The molecule has 2 aromatic rings. The molecule has 6 heteroatoms. The maximum absolute atomic E-state index is 11.4. The summed E-state index contributed by atoms with van der Waals surface area (Å²) in [6.45, 7) is 0. The Hall–Kier alpha value is -2.40. The van der Waals surface area contributed by atoms with Gasteiger partial charge in [0.2, 0.25) is 0 Å². The summed E-state index contributed by atoms with van der Waals surface area (Å²) in [5.41, 5.74) is 2.40. The first-order chi connectivity index (χ1) is 11.2. The Labute approximate surface area is 138 Å². The first-order valence-corrected chi connectivity index (χ1v) is 7.85. The van der Waals surface area contributed by atoms with Crippen LogP contribution in [0.4, 0.5) is 11.4 Å². The zero-order chi connectivity index (χ0) is 16.0. The first-order valence-electron chi connectivity index (χ1n) is 7.47. The highest BCUT2D eigenvalue weighted by molar-refractivity contribution is 6.33. The molecule has 4 rings (SSSR count). The van der Waals surface area contributed by atoms with Crippen LogP contribution in [0.25, 0.3) is 0 Å². The Bertz CT molecular complexity index is 807. The van der Waals surface area contributed by atoms with Crippen LogP contribution in [0.3, 0.4) is 0 Å². The van der Waals surface area contributed by atoms with Crippen LogP contribution in [0.5, 0.6) is 0 Å². The van der Waals surface area contributed by atoms with Gasteiger partial charge in [-0.1, -0.05) is 29.8 Å². The van der Waals surface area contributed by atoms with Crippen molar-refractivity contribution < 1.29 is 4.92 Å². The number of aromatic nitrogens is 1. The summed E-state index contributed by atoms with van der Waals surface area (Å²) >= 11 is 6.33. The predicted octanol–water partition coefficient (Wildman–Crippen LogP) is 4.47. The van der Waals surface area contributed by atoms with Gasteiger partial charge < -0.3 is 5.32 Å². The van der Waals surface area contributed by atoms with Gasteiger partial charge >= 0.3 is 0 Å². The van der Waals surface area contributed by atoms with E-state index in [1.54, 1.807) is 12.3 Å². The summed E-state index contributed by atoms with van der Waals surface area (Å²) in [4.78, 5) is 15.5. The van der Waals surface area contributed by atoms with Gasteiger partial charge in [0.15, 0.2) is 0 Å². The molecule has 0 unspecified atom stereocenters. The number of fused-ring (bicyclic) bond motifs is 3. The monoisotopic (exact) mass is 327 g/mol. The average Bonchev–Trinajstić information content (AvgIpc) is 3.05. The molecule has 1 aromatic heterocycles. The van der Waals surface area contributed by atoms with Gasteiger partial charge in [0.25, 0.3) is 5.69 Å². The molecule has 1 N–H and O–H groups in total. The lowest BCUT2D eigenvalue weighted by atomic mass is 9.77. The van der Waals surface area contributed by atoms with Crippen molar-refractivity contribution in [3.63, 3.8) is 0 Å². The van der Waals surface area contributed by atoms with Crippen molar-refractivity contribution in [3.8, 4) is 0 Å². The molecule has 3 atom stereocenters. The fraction of sp³-hybridized carbons (Fsp3) is 0.235. The Balaban J connectivity index is 1.89. The van der Waals surface area contributed by atoms with Crippen molar-refractivity contribution in [2.75, 3.05) is 5.32 Å². The molecule has 23 heavy (non-hydrogen) atoms. The Morgan fingerprint density at radius 1 is 1.30 bits per heavy atom. The van der Waals surface area contributed by atoms with Crippen LogP contribution < -0.4 is 5.32 Å². The minimum atomic E-state index is -0.332. The molecule has 0 amide bonds. The molecule has 2 heterocycles. The molecule has 5 nitrogen and oxygen atoms in total. The van der Waals surface area contributed by atoms with Crippen molar-refractivity contribution >= 4 is 23.0 Å². The maximum Gasteiger partial charge on any atom is 0.275 e. The fourth-order valence-electron chi connectivity index (χ4n) is 3.67. The second kappa shape index (κ2) is 5.35. The Morgan fingerprint density at radius 2 is 2.17 bits per heavy atom. The van der Waals surface area contributed by atoms with Crippen LogP contribution in [0, 0.1) is 16.0 Å². The number of pyridine rings is 1. The minimum absolute atomic E-state index is 0.0109. The highest BCUT2D eigenvalue weighted by Crippen LogP contribution is 2.53. The molecule has 0 saturated carbocycles. The topological polar surface area (TPSA) is 68.1 Å². The molecule has 1 aliphatic carbocycles. The largest absolute Gasteiger partial charge is 0.375 e. The predicted molar refractivity (Wildman–Crippen MR) is 88.7 cm³/mol. The Kier molecular flexibility index (Phi) is 3.31. The molecule has 1 aromatic carbocycles. The molecule has 2 aliphatic rings. The molecule has 0 radical (unpaired) electrons. The van der Waals surface area contributed by atoms with Crippen LogP contribution in [-0.4, -0.2) is 9.91 Å². The van der Waals surface area contributed by atoms with E-state index < -0.39 is 0 Å². The van der Waals surface area contributed by atoms with Crippen LogP contribution in [0.15, 0.2) is 48.7 Å². The van der Waals surface area contributed by atoms with Gasteiger partial charge in [0.1, 0.15) is 0 Å². The zero-order valence-electron chi connectivity index (χ0n) is 12.1. The Morgan fingerprint density at radius 3 is 2.91 bits per heavy atom. The molecule has 0 bridgehead atoms. The first kappa shape index (κ1) is 14.2. The van der Waals surface area contributed by atoms with E-state index >= 15 is 0 Å². The summed E-state index contributed by atoms with van der Waals surface area (Å²) < 4.78 is 0. The van der Waals surface area contributed by atoms with Crippen molar-refractivity contribution in [1.82, 2.24) is 4.98 Å². The van der Waals surface area contributed by atoms with E-state index in [2.05, 4.69) is 22.5 Å². The highest BCUT2D eigenvalue weighted by atomic mass is 35.5. The normalized spacial score (nSPS) is 24.7. The third kappa shape index (κ3) is 2.19. The number of hydrogen-bond acceptors (Lipinski definition) is 4. The number of nitrogens with zero attached hydrogens (tertiary/aromatic N) is 2. The minimum Gasteiger partial charge on any atom is -0.375 e. The van der Waals surface area contributed by atoms with Crippen LogP contribution in [-0.2, 0) is 0 Å². The summed E-state index contributed by atoms with van der Waals surface area (Å²) in [5, 5.41) is 15.3. The van der Waals surface area contributed by atoms with E-state index in [9.17, 15) is 10.1 Å². The molecule has 116 valence electrons. The molecular weight excluding hydrogens is 314 g/mol. The molecule has 0 spiro atoms. The van der Waals surface area contributed by atoms with E-state index in [0.29, 0.717) is 16.3 Å². The van der Waals surface area contributed by atoms with Crippen LogP contribution in [0.2, 0.25) is 5.02 Å². The fourth-order valence-corrected chi connectivity index (χ4v) is 3.89. The lowest BCUT2D eigenvalue weighted by Crippen LogP contribution is -2.30. The van der Waals surface area contributed by atoms with Gasteiger partial charge in [-0.2, -0.15) is 0 Å². The van der Waals surface area contributed by atoms with Crippen molar-refractivity contribution in [2.45, 2.75) is 18.4 Å². The van der Waals surface area contributed by atoms with Crippen molar-refractivity contribution in [2.24, 2.45) is 5.92 Å². The summed E-state index contributed by atoms with van der Waals surface area (Å²) in [7, 11) is 0. The van der Waals surface area contributed by atoms with E-state index in [-0.39, 0.29) is 28.5 Å². The van der Waals surface area contributed by atoms with Crippen molar-refractivity contribution in [3.05, 3.63) is 75.1 Å². The number of anilines is 1. The summed E-state index contributed by atoms with van der Waals surface area (Å²) in [5.74, 6) is 0.187. The summed E-state index contributed by atoms with van der Waals surface area (Å²) in [6, 6.07) is 8.87. The van der Waals surface area contributed by atoms with Gasteiger partial charge in [-0.15, -0.1) is 0 Å². The number of nitro benzene ring substituents is 1. The number of nitrogens with one attached hydrogen (secondary N) is 1. The lowest BCUT2D eigenvalue weighted by Gasteiger charge is -2.36. The molecular formula is C17H14ClN3O2. The second-order valence-electron chi connectivity index (χ2n) is 5.84. The SMILES string of the molecule is O=[N+]([O-])c1ccc(Cl)c2c1[C@@H]1C=CC[C@H]1[C@H](c1ccccn1)N2. The van der Waals surface area contributed by atoms with E-state index in [0.717, 1.165) is 12.1 Å². The highest BCUT2D eigenvalue weighted by Gasteiger charge is 2.42. The van der Waals surface area contributed by atoms with Gasteiger partial charge in [-0.25, -0.2) is 0 Å². The van der Waals surface area contributed by atoms with Crippen molar-refractivity contribution in [1.29, 1.82) is 0 Å². The maximum atomic E-state index is 11.4. The molecule has 0 fully saturated rings. The van der Waals surface area contributed by atoms with E-state index in [1.165, 1.54) is 6.07 Å². The molecule has 1 aliphatic heterocycles. The second-order valence-corrected chi connectivity index (χ2v) is 6.25.